The minimum absolute atomic E-state index is 0.248. The lowest BCUT2D eigenvalue weighted by molar-refractivity contribution is 0.440. The van der Waals surface area contributed by atoms with E-state index in [-0.39, 0.29) is 5.41 Å². The maximum absolute atomic E-state index is 4.81. The van der Waals surface area contributed by atoms with Gasteiger partial charge in [-0.2, -0.15) is 0 Å². The number of halogens is 1. The topological polar surface area (TPSA) is 12.4 Å². The summed E-state index contributed by atoms with van der Waals surface area (Å²) in [6.45, 7) is 6.71. The Morgan fingerprint density at radius 2 is 1.69 bits per heavy atom. The van der Waals surface area contributed by atoms with Crippen molar-refractivity contribution in [3.63, 3.8) is 0 Å². The lowest BCUT2D eigenvalue weighted by Gasteiger charge is -2.22. The number of hydrogen-bond acceptors (Lipinski definition) is 1. The first kappa shape index (κ1) is 11.5. The van der Waals surface area contributed by atoms with Gasteiger partial charge in [-0.3, -0.25) is 4.99 Å². The summed E-state index contributed by atoms with van der Waals surface area (Å²) in [5, 5.41) is 0. The highest BCUT2D eigenvalue weighted by atomic mass is 127. The molecule has 0 atom stereocenters. The molecular formula is C11H20IN. The van der Waals surface area contributed by atoms with Gasteiger partial charge in [0.15, 0.2) is 0 Å². The second kappa shape index (κ2) is 4.76. The van der Waals surface area contributed by atoms with Crippen LogP contribution >= 0.6 is 22.6 Å². The van der Waals surface area contributed by atoms with Gasteiger partial charge in [0.2, 0.25) is 0 Å². The fourth-order valence-electron chi connectivity index (χ4n) is 1.56. The molecule has 2 heteroatoms. The molecule has 1 saturated carbocycles. The average Bonchev–Trinajstić information content (AvgIpc) is 2.04. The fourth-order valence-corrected chi connectivity index (χ4v) is 1.96. The van der Waals surface area contributed by atoms with Gasteiger partial charge >= 0.3 is 0 Å². The molecule has 0 heterocycles. The summed E-state index contributed by atoms with van der Waals surface area (Å²) < 4.78 is 1.29. The molecule has 1 rings (SSSR count). The Balaban J connectivity index is 2.53. The molecule has 0 bridgehead atoms. The summed E-state index contributed by atoms with van der Waals surface area (Å²) >= 11 is 2.40. The number of hydrogen-bond donors (Lipinski definition) is 0. The normalized spacial score (nSPS) is 22.0. The molecule has 13 heavy (non-hydrogen) atoms. The standard InChI is InChI=1S/C11H20IN/c1-11(2,3)10(12)13-9-7-5-4-6-8-9/h9H,4-8H2,1-3H3. The molecule has 0 aromatic heterocycles. The van der Waals surface area contributed by atoms with Crippen LogP contribution in [-0.2, 0) is 0 Å². The largest absolute Gasteiger partial charge is 0.279 e. The van der Waals surface area contributed by atoms with Crippen LogP contribution < -0.4 is 0 Å². The Kier molecular flexibility index (Phi) is 4.20. The van der Waals surface area contributed by atoms with E-state index >= 15 is 0 Å². The van der Waals surface area contributed by atoms with Crippen LogP contribution in [0.4, 0.5) is 0 Å². The zero-order valence-corrected chi connectivity index (χ0v) is 11.1. The lowest BCUT2D eigenvalue weighted by Crippen LogP contribution is -2.18. The molecule has 1 aliphatic rings. The zero-order chi connectivity index (χ0) is 9.90. The van der Waals surface area contributed by atoms with E-state index in [9.17, 15) is 0 Å². The molecule has 0 amide bonds. The van der Waals surface area contributed by atoms with E-state index in [1.54, 1.807) is 0 Å². The lowest BCUT2D eigenvalue weighted by atomic mass is 9.94. The van der Waals surface area contributed by atoms with Gasteiger partial charge in [-0.1, -0.05) is 40.0 Å². The van der Waals surface area contributed by atoms with Crippen LogP contribution in [0.2, 0.25) is 0 Å². The van der Waals surface area contributed by atoms with E-state index in [1.807, 2.05) is 0 Å². The molecule has 0 N–H and O–H groups in total. The van der Waals surface area contributed by atoms with Crippen LogP contribution in [0.15, 0.2) is 4.99 Å². The van der Waals surface area contributed by atoms with Crippen molar-refractivity contribution in [1.82, 2.24) is 0 Å². The first-order valence-corrected chi connectivity index (χ1v) is 6.32. The van der Waals surface area contributed by atoms with E-state index in [1.165, 1.54) is 35.8 Å². The van der Waals surface area contributed by atoms with Gasteiger partial charge in [-0.25, -0.2) is 0 Å². The minimum atomic E-state index is 0.248. The number of nitrogens with zero attached hydrogens (tertiary/aromatic N) is 1. The van der Waals surface area contributed by atoms with Crippen LogP contribution in [0.3, 0.4) is 0 Å². The van der Waals surface area contributed by atoms with E-state index in [0.29, 0.717) is 6.04 Å². The molecule has 0 spiro atoms. The highest BCUT2D eigenvalue weighted by Crippen LogP contribution is 2.26. The Labute approximate surface area is 95.5 Å². The molecule has 1 aliphatic carbocycles. The third-order valence-electron chi connectivity index (χ3n) is 2.49. The van der Waals surface area contributed by atoms with E-state index < -0.39 is 0 Å². The van der Waals surface area contributed by atoms with Crippen molar-refractivity contribution in [3.8, 4) is 0 Å². The van der Waals surface area contributed by atoms with E-state index in [2.05, 4.69) is 43.4 Å². The highest BCUT2D eigenvalue weighted by molar-refractivity contribution is 14.1. The zero-order valence-electron chi connectivity index (χ0n) is 8.94. The summed E-state index contributed by atoms with van der Waals surface area (Å²) in [7, 11) is 0. The van der Waals surface area contributed by atoms with Gasteiger partial charge < -0.3 is 0 Å². The van der Waals surface area contributed by atoms with Crippen molar-refractivity contribution in [2.45, 2.75) is 58.9 Å². The molecule has 0 aliphatic heterocycles. The van der Waals surface area contributed by atoms with E-state index in [4.69, 9.17) is 4.99 Å². The van der Waals surface area contributed by atoms with Gasteiger partial charge in [0.05, 0.1) is 9.76 Å². The van der Waals surface area contributed by atoms with Gasteiger partial charge in [0, 0.05) is 5.41 Å². The average molecular weight is 293 g/mol. The van der Waals surface area contributed by atoms with Crippen LogP contribution in [-0.4, -0.2) is 9.76 Å². The summed E-state index contributed by atoms with van der Waals surface area (Å²) in [4.78, 5) is 4.81. The van der Waals surface area contributed by atoms with Gasteiger partial charge in [-0.15, -0.1) is 0 Å². The Morgan fingerprint density at radius 1 is 1.15 bits per heavy atom. The van der Waals surface area contributed by atoms with Crippen molar-refractivity contribution >= 4 is 26.3 Å². The molecule has 0 saturated heterocycles. The smallest absolute Gasteiger partial charge is 0.0785 e. The van der Waals surface area contributed by atoms with Gasteiger partial charge in [0.25, 0.3) is 0 Å². The van der Waals surface area contributed by atoms with Crippen molar-refractivity contribution < 1.29 is 0 Å². The molecule has 0 radical (unpaired) electrons. The van der Waals surface area contributed by atoms with Crippen molar-refractivity contribution in [2.75, 3.05) is 0 Å². The van der Waals surface area contributed by atoms with Crippen LogP contribution in [0.1, 0.15) is 52.9 Å². The summed E-state index contributed by atoms with van der Waals surface area (Å²) in [6.07, 6.45) is 6.79. The van der Waals surface area contributed by atoms with Crippen LogP contribution in [0, 0.1) is 5.41 Å². The summed E-state index contributed by atoms with van der Waals surface area (Å²) in [6, 6.07) is 0.625. The number of aliphatic imine (C=N–C) groups is 1. The van der Waals surface area contributed by atoms with Gasteiger partial charge in [0.1, 0.15) is 0 Å². The predicted octanol–water partition coefficient (Wildman–Crippen LogP) is 4.20. The van der Waals surface area contributed by atoms with Gasteiger partial charge in [-0.05, 0) is 35.4 Å². The third kappa shape index (κ3) is 3.96. The maximum atomic E-state index is 4.81. The molecule has 76 valence electrons. The molecule has 0 unspecified atom stereocenters. The summed E-state index contributed by atoms with van der Waals surface area (Å²) in [5.74, 6) is 0. The minimum Gasteiger partial charge on any atom is -0.279 e. The van der Waals surface area contributed by atoms with Crippen LogP contribution in [0.5, 0.6) is 0 Å². The SMILES string of the molecule is CC(C)(C)C(I)=NC1CCCCC1. The highest BCUT2D eigenvalue weighted by Gasteiger charge is 2.19. The van der Waals surface area contributed by atoms with Crippen LogP contribution in [0.25, 0.3) is 0 Å². The quantitative estimate of drug-likeness (QED) is 0.507. The molecule has 0 aromatic carbocycles. The first-order valence-electron chi connectivity index (χ1n) is 5.24. The molecule has 1 fully saturated rings. The van der Waals surface area contributed by atoms with Crippen molar-refractivity contribution in [3.05, 3.63) is 0 Å². The molecule has 0 aromatic rings. The summed E-state index contributed by atoms with van der Waals surface area (Å²) in [5.41, 5.74) is 0.248. The molecule has 1 nitrogen and oxygen atoms in total. The van der Waals surface area contributed by atoms with Crippen molar-refractivity contribution in [1.29, 1.82) is 0 Å². The predicted molar refractivity (Wildman–Crippen MR) is 67.8 cm³/mol. The Bertz CT molecular complexity index is 185. The fraction of sp³-hybridized carbons (Fsp3) is 0.909. The number of rotatable bonds is 1. The Hall–Kier alpha value is 0.400. The monoisotopic (exact) mass is 293 g/mol. The second-order valence-electron chi connectivity index (χ2n) is 4.96. The third-order valence-corrected chi connectivity index (χ3v) is 4.39. The first-order chi connectivity index (χ1) is 6.00. The van der Waals surface area contributed by atoms with Crippen molar-refractivity contribution in [2.24, 2.45) is 10.4 Å². The second-order valence-corrected chi connectivity index (χ2v) is 5.98. The maximum Gasteiger partial charge on any atom is 0.0785 e. The Morgan fingerprint density at radius 3 is 2.15 bits per heavy atom. The molecular weight excluding hydrogens is 273 g/mol. The van der Waals surface area contributed by atoms with E-state index in [0.717, 1.165) is 0 Å².